The predicted octanol–water partition coefficient (Wildman–Crippen LogP) is 0.146. The van der Waals surface area contributed by atoms with Crippen LogP contribution < -0.4 is 0 Å². The molecule has 1 aliphatic carbocycles. The Balaban J connectivity index is 1.78. The number of aliphatic hydroxyl groups is 1. The van der Waals surface area contributed by atoms with E-state index in [2.05, 4.69) is 23.9 Å². The normalized spacial score (nSPS) is 41.1. The molecule has 0 radical (unpaired) electrons. The van der Waals surface area contributed by atoms with Crippen LogP contribution in [0.3, 0.4) is 0 Å². The molecule has 3 nitrogen and oxygen atoms in total. The molecular formula is C10H20N2O. The van der Waals surface area contributed by atoms with Gasteiger partial charge in [-0.2, -0.15) is 0 Å². The van der Waals surface area contributed by atoms with Gasteiger partial charge in [0, 0.05) is 25.2 Å². The highest BCUT2D eigenvalue weighted by Crippen LogP contribution is 2.29. The van der Waals surface area contributed by atoms with Crippen LogP contribution in [0.4, 0.5) is 0 Å². The predicted molar refractivity (Wildman–Crippen MR) is 52.7 cm³/mol. The maximum atomic E-state index is 9.22. The zero-order valence-electron chi connectivity index (χ0n) is 8.61. The van der Waals surface area contributed by atoms with Gasteiger partial charge < -0.3 is 10.0 Å². The van der Waals surface area contributed by atoms with Crippen LogP contribution in [-0.2, 0) is 0 Å². The highest BCUT2D eigenvalue weighted by atomic mass is 16.3. The summed E-state index contributed by atoms with van der Waals surface area (Å²) < 4.78 is 0. The Morgan fingerprint density at radius 1 is 1.31 bits per heavy atom. The van der Waals surface area contributed by atoms with E-state index in [4.69, 9.17) is 0 Å². The molecule has 3 heteroatoms. The Bertz CT molecular complexity index is 178. The number of aliphatic hydroxyl groups excluding tert-OH is 1. The molecule has 13 heavy (non-hydrogen) atoms. The van der Waals surface area contributed by atoms with Crippen molar-refractivity contribution in [1.82, 2.24) is 9.80 Å². The van der Waals surface area contributed by atoms with Crippen LogP contribution >= 0.6 is 0 Å². The molecule has 1 N–H and O–H groups in total. The van der Waals surface area contributed by atoms with E-state index in [0.717, 1.165) is 18.9 Å². The fraction of sp³-hybridized carbons (Fsp3) is 1.00. The van der Waals surface area contributed by atoms with Crippen LogP contribution in [0.15, 0.2) is 0 Å². The topological polar surface area (TPSA) is 26.7 Å². The lowest BCUT2D eigenvalue weighted by molar-refractivity contribution is 0.00925. The molecular weight excluding hydrogens is 164 g/mol. The second-order valence-corrected chi connectivity index (χ2v) is 4.68. The molecule has 0 aromatic rings. The Morgan fingerprint density at radius 3 is 2.46 bits per heavy atom. The van der Waals surface area contributed by atoms with Crippen molar-refractivity contribution in [3.8, 4) is 0 Å². The van der Waals surface area contributed by atoms with Gasteiger partial charge in [-0.05, 0) is 33.4 Å². The first-order chi connectivity index (χ1) is 6.16. The number of likely N-dealkylation sites (tertiary alicyclic amines) is 1. The molecule has 76 valence electrons. The van der Waals surface area contributed by atoms with Gasteiger partial charge in [0.25, 0.3) is 0 Å². The van der Waals surface area contributed by atoms with Crippen molar-refractivity contribution < 1.29 is 5.11 Å². The quantitative estimate of drug-likeness (QED) is 0.661. The molecule has 1 unspecified atom stereocenters. The van der Waals surface area contributed by atoms with Crippen molar-refractivity contribution in [1.29, 1.82) is 0 Å². The highest BCUT2D eigenvalue weighted by Gasteiger charge is 2.36. The summed E-state index contributed by atoms with van der Waals surface area (Å²) in [5.74, 6) is 0. The van der Waals surface area contributed by atoms with E-state index in [1.807, 2.05) is 0 Å². The van der Waals surface area contributed by atoms with Crippen molar-refractivity contribution in [2.24, 2.45) is 0 Å². The van der Waals surface area contributed by atoms with Crippen molar-refractivity contribution in [2.75, 3.05) is 27.2 Å². The SMILES string of the molecule is CN(C)C1CCN(C2CC(O)C2)C1. The zero-order chi connectivity index (χ0) is 9.42. The second kappa shape index (κ2) is 3.56. The summed E-state index contributed by atoms with van der Waals surface area (Å²) in [7, 11) is 4.31. The molecule has 2 rings (SSSR count). The van der Waals surface area contributed by atoms with Gasteiger partial charge in [-0.25, -0.2) is 0 Å². The Kier molecular flexibility index (Phi) is 2.58. The minimum absolute atomic E-state index is 0.0107. The molecule has 1 saturated heterocycles. The number of likely N-dealkylation sites (N-methyl/N-ethyl adjacent to an activating group) is 1. The van der Waals surface area contributed by atoms with Crippen molar-refractivity contribution in [3.05, 3.63) is 0 Å². The van der Waals surface area contributed by atoms with E-state index in [1.54, 1.807) is 0 Å². The molecule has 1 aliphatic heterocycles. The van der Waals surface area contributed by atoms with Gasteiger partial charge in [0.15, 0.2) is 0 Å². The first kappa shape index (κ1) is 9.44. The summed E-state index contributed by atoms with van der Waals surface area (Å²) in [6, 6.07) is 1.41. The number of hydrogen-bond acceptors (Lipinski definition) is 3. The Labute approximate surface area is 80.3 Å². The van der Waals surface area contributed by atoms with Crippen LogP contribution in [0.25, 0.3) is 0 Å². The largest absolute Gasteiger partial charge is 0.393 e. The monoisotopic (exact) mass is 184 g/mol. The summed E-state index contributed by atoms with van der Waals surface area (Å²) in [5.41, 5.74) is 0. The molecule has 0 spiro atoms. The van der Waals surface area contributed by atoms with Crippen LogP contribution in [0, 0.1) is 0 Å². The number of rotatable bonds is 2. The van der Waals surface area contributed by atoms with E-state index in [9.17, 15) is 5.11 Å². The van der Waals surface area contributed by atoms with Crippen LogP contribution in [0.5, 0.6) is 0 Å². The summed E-state index contributed by atoms with van der Waals surface area (Å²) in [4.78, 5) is 4.85. The lowest BCUT2D eigenvalue weighted by atomic mass is 9.88. The maximum Gasteiger partial charge on any atom is 0.0570 e. The van der Waals surface area contributed by atoms with Crippen molar-refractivity contribution in [2.45, 2.75) is 37.5 Å². The third-order valence-electron chi connectivity index (χ3n) is 3.53. The number of hydrogen-bond donors (Lipinski definition) is 1. The summed E-state index contributed by atoms with van der Waals surface area (Å²) in [5, 5.41) is 9.22. The molecule has 1 atom stereocenters. The lowest BCUT2D eigenvalue weighted by Gasteiger charge is -2.38. The number of nitrogens with zero attached hydrogens (tertiary/aromatic N) is 2. The average molecular weight is 184 g/mol. The van der Waals surface area contributed by atoms with E-state index >= 15 is 0 Å². The fourth-order valence-corrected chi connectivity index (χ4v) is 2.38. The van der Waals surface area contributed by atoms with Gasteiger partial charge in [0.2, 0.25) is 0 Å². The molecule has 2 aliphatic rings. The first-order valence-corrected chi connectivity index (χ1v) is 5.25. The van der Waals surface area contributed by atoms with Crippen molar-refractivity contribution in [3.63, 3.8) is 0 Å². The Hall–Kier alpha value is -0.120. The average Bonchev–Trinajstić information content (AvgIpc) is 2.46. The summed E-state index contributed by atoms with van der Waals surface area (Å²) in [6.45, 7) is 2.42. The summed E-state index contributed by atoms with van der Waals surface area (Å²) >= 11 is 0. The van der Waals surface area contributed by atoms with Gasteiger partial charge >= 0.3 is 0 Å². The molecule has 1 saturated carbocycles. The molecule has 0 aromatic carbocycles. The van der Waals surface area contributed by atoms with Gasteiger partial charge in [-0.1, -0.05) is 0 Å². The van der Waals surface area contributed by atoms with Gasteiger partial charge in [-0.15, -0.1) is 0 Å². The zero-order valence-corrected chi connectivity index (χ0v) is 8.61. The molecule has 0 bridgehead atoms. The molecule has 0 aromatic heterocycles. The second-order valence-electron chi connectivity index (χ2n) is 4.68. The third-order valence-corrected chi connectivity index (χ3v) is 3.53. The third kappa shape index (κ3) is 1.87. The van der Waals surface area contributed by atoms with Gasteiger partial charge in [0.05, 0.1) is 6.10 Å². The molecule has 1 heterocycles. The molecule has 2 fully saturated rings. The van der Waals surface area contributed by atoms with E-state index in [-0.39, 0.29) is 6.10 Å². The summed E-state index contributed by atoms with van der Waals surface area (Å²) in [6.07, 6.45) is 3.28. The standard InChI is InChI=1S/C10H20N2O/c1-11(2)8-3-4-12(7-8)9-5-10(13)6-9/h8-10,13H,3-7H2,1-2H3. The Morgan fingerprint density at radius 2 is 2.00 bits per heavy atom. The minimum atomic E-state index is -0.0107. The van der Waals surface area contributed by atoms with Crippen LogP contribution in [0.1, 0.15) is 19.3 Å². The van der Waals surface area contributed by atoms with Crippen LogP contribution in [-0.4, -0.2) is 60.3 Å². The van der Waals surface area contributed by atoms with Gasteiger partial charge in [-0.3, -0.25) is 4.90 Å². The maximum absolute atomic E-state index is 9.22. The fourth-order valence-electron chi connectivity index (χ4n) is 2.38. The van der Waals surface area contributed by atoms with E-state index in [0.29, 0.717) is 6.04 Å². The minimum Gasteiger partial charge on any atom is -0.393 e. The first-order valence-electron chi connectivity index (χ1n) is 5.25. The van der Waals surface area contributed by atoms with Gasteiger partial charge in [0.1, 0.15) is 0 Å². The van der Waals surface area contributed by atoms with E-state index in [1.165, 1.54) is 19.5 Å². The molecule has 0 amide bonds. The van der Waals surface area contributed by atoms with Crippen LogP contribution in [0.2, 0.25) is 0 Å². The van der Waals surface area contributed by atoms with E-state index < -0.39 is 0 Å². The lowest BCUT2D eigenvalue weighted by Crippen LogP contribution is -2.47. The van der Waals surface area contributed by atoms with Crippen molar-refractivity contribution >= 4 is 0 Å². The highest BCUT2D eigenvalue weighted by molar-refractivity contribution is 4.92. The smallest absolute Gasteiger partial charge is 0.0570 e.